The van der Waals surface area contributed by atoms with Gasteiger partial charge in [0.05, 0.1) is 25.1 Å². The summed E-state index contributed by atoms with van der Waals surface area (Å²) in [7, 11) is 3.99. The van der Waals surface area contributed by atoms with E-state index in [0.29, 0.717) is 13.2 Å². The van der Waals surface area contributed by atoms with E-state index >= 15 is 0 Å². The lowest BCUT2D eigenvalue weighted by molar-refractivity contribution is 0.0713. The van der Waals surface area contributed by atoms with E-state index in [-0.39, 0.29) is 6.61 Å². The first-order chi connectivity index (χ1) is 7.61. The van der Waals surface area contributed by atoms with E-state index in [2.05, 4.69) is 14.8 Å². The van der Waals surface area contributed by atoms with Crippen molar-refractivity contribution in [1.29, 1.82) is 0 Å². The standard InChI is InChI=1S/C10H18N4O2/c1-12-4-9-10(13(2)7-12)11-6-14(9)3-8(16)5-15/h4,8,15-16H,3,5-7H2,1-2H3. The minimum absolute atomic E-state index is 0.217. The minimum atomic E-state index is -0.715. The molecule has 0 aliphatic carbocycles. The van der Waals surface area contributed by atoms with Crippen molar-refractivity contribution in [1.82, 2.24) is 14.7 Å². The van der Waals surface area contributed by atoms with Gasteiger partial charge in [0.25, 0.3) is 0 Å². The maximum absolute atomic E-state index is 9.44. The summed E-state index contributed by atoms with van der Waals surface area (Å²) in [6, 6.07) is 0. The molecule has 0 radical (unpaired) electrons. The highest BCUT2D eigenvalue weighted by molar-refractivity contribution is 5.99. The zero-order valence-corrected chi connectivity index (χ0v) is 9.67. The lowest BCUT2D eigenvalue weighted by Gasteiger charge is -2.33. The molecule has 0 aromatic carbocycles. The monoisotopic (exact) mass is 226 g/mol. The van der Waals surface area contributed by atoms with Crippen LogP contribution in [0.1, 0.15) is 0 Å². The first-order valence-corrected chi connectivity index (χ1v) is 5.33. The third-order valence-electron chi connectivity index (χ3n) is 2.74. The third-order valence-corrected chi connectivity index (χ3v) is 2.74. The molecule has 2 heterocycles. The van der Waals surface area contributed by atoms with Crippen LogP contribution < -0.4 is 0 Å². The second-order valence-corrected chi connectivity index (χ2v) is 4.29. The topological polar surface area (TPSA) is 62.5 Å². The Balaban J connectivity index is 2.11. The van der Waals surface area contributed by atoms with Crippen molar-refractivity contribution in [3.05, 3.63) is 11.9 Å². The van der Waals surface area contributed by atoms with Crippen LogP contribution in [0, 0.1) is 0 Å². The number of amidine groups is 1. The Morgan fingerprint density at radius 1 is 1.50 bits per heavy atom. The number of hydrogen-bond acceptors (Lipinski definition) is 6. The van der Waals surface area contributed by atoms with Gasteiger partial charge in [0.1, 0.15) is 6.67 Å². The quantitative estimate of drug-likeness (QED) is 0.625. The van der Waals surface area contributed by atoms with E-state index in [4.69, 9.17) is 5.11 Å². The van der Waals surface area contributed by atoms with Gasteiger partial charge in [0.15, 0.2) is 5.84 Å². The largest absolute Gasteiger partial charge is 0.394 e. The first kappa shape index (κ1) is 11.2. The third kappa shape index (κ3) is 1.98. The fourth-order valence-corrected chi connectivity index (χ4v) is 2.03. The summed E-state index contributed by atoms with van der Waals surface area (Å²) in [6.45, 7) is 1.57. The predicted octanol–water partition coefficient (Wildman–Crippen LogP) is -1.31. The normalized spacial score (nSPS) is 21.9. The van der Waals surface area contributed by atoms with Gasteiger partial charge in [-0.15, -0.1) is 0 Å². The molecule has 0 amide bonds. The molecular weight excluding hydrogens is 208 g/mol. The summed E-state index contributed by atoms with van der Waals surface area (Å²) in [5, 5.41) is 18.3. The van der Waals surface area contributed by atoms with E-state index < -0.39 is 6.10 Å². The number of fused-ring (bicyclic) bond motifs is 1. The molecule has 2 N–H and O–H groups in total. The molecule has 2 rings (SSSR count). The molecule has 6 nitrogen and oxygen atoms in total. The van der Waals surface area contributed by atoms with Crippen LogP contribution in [-0.2, 0) is 0 Å². The molecule has 1 atom stereocenters. The van der Waals surface area contributed by atoms with Gasteiger partial charge in [0, 0.05) is 26.8 Å². The lowest BCUT2D eigenvalue weighted by atomic mass is 10.3. The Morgan fingerprint density at radius 3 is 2.94 bits per heavy atom. The molecule has 0 aromatic heterocycles. The molecule has 16 heavy (non-hydrogen) atoms. The van der Waals surface area contributed by atoms with Crippen LogP contribution in [0.2, 0.25) is 0 Å². The molecular formula is C10H18N4O2. The van der Waals surface area contributed by atoms with Crippen molar-refractivity contribution in [2.45, 2.75) is 6.10 Å². The summed E-state index contributed by atoms with van der Waals surface area (Å²) in [5.41, 5.74) is 1.02. The molecule has 6 heteroatoms. The van der Waals surface area contributed by atoms with Crippen molar-refractivity contribution < 1.29 is 10.2 Å². The molecule has 1 unspecified atom stereocenters. The average molecular weight is 226 g/mol. The van der Waals surface area contributed by atoms with E-state index in [1.54, 1.807) is 0 Å². The number of aliphatic imine (C=N–C) groups is 1. The van der Waals surface area contributed by atoms with Crippen molar-refractivity contribution in [2.75, 3.05) is 40.6 Å². The van der Waals surface area contributed by atoms with Gasteiger partial charge >= 0.3 is 0 Å². The predicted molar refractivity (Wildman–Crippen MR) is 60.6 cm³/mol. The van der Waals surface area contributed by atoms with E-state index in [0.717, 1.165) is 18.2 Å². The van der Waals surface area contributed by atoms with Crippen LogP contribution in [-0.4, -0.2) is 77.4 Å². The van der Waals surface area contributed by atoms with E-state index in [9.17, 15) is 5.11 Å². The van der Waals surface area contributed by atoms with Crippen LogP contribution in [0.15, 0.2) is 16.9 Å². The Kier molecular flexibility index (Phi) is 3.02. The smallest absolute Gasteiger partial charge is 0.152 e. The van der Waals surface area contributed by atoms with Gasteiger partial charge in [-0.3, -0.25) is 0 Å². The summed E-state index contributed by atoms with van der Waals surface area (Å²) in [6.07, 6.45) is 1.31. The van der Waals surface area contributed by atoms with Crippen LogP contribution in [0.4, 0.5) is 0 Å². The van der Waals surface area contributed by atoms with Crippen molar-refractivity contribution in [3.8, 4) is 0 Å². The fraction of sp³-hybridized carbons (Fsp3) is 0.700. The summed E-state index contributed by atoms with van der Waals surface area (Å²) >= 11 is 0. The highest BCUT2D eigenvalue weighted by atomic mass is 16.3. The second kappa shape index (κ2) is 4.31. The van der Waals surface area contributed by atoms with Gasteiger partial charge in [-0.05, 0) is 0 Å². The number of rotatable bonds is 3. The van der Waals surface area contributed by atoms with Gasteiger partial charge in [-0.2, -0.15) is 0 Å². The number of β-amino-alcohol motifs (C(OH)–C–C–N with tert-alkyl or cyclic N) is 1. The Labute approximate surface area is 95.1 Å². The van der Waals surface area contributed by atoms with Crippen LogP contribution >= 0.6 is 0 Å². The number of likely N-dealkylation sites (N-methyl/N-ethyl adjacent to an activating group) is 1. The number of hydrogen-bond donors (Lipinski definition) is 2. The number of nitrogens with zero attached hydrogens (tertiary/aromatic N) is 4. The highest BCUT2D eigenvalue weighted by Crippen LogP contribution is 2.21. The summed E-state index contributed by atoms with van der Waals surface area (Å²) < 4.78 is 0. The molecule has 0 bridgehead atoms. The molecule has 0 fully saturated rings. The number of aliphatic hydroxyl groups excluding tert-OH is 2. The van der Waals surface area contributed by atoms with Crippen molar-refractivity contribution in [3.63, 3.8) is 0 Å². The molecule has 0 aromatic rings. The fourth-order valence-electron chi connectivity index (χ4n) is 2.03. The van der Waals surface area contributed by atoms with E-state index in [1.165, 1.54) is 0 Å². The van der Waals surface area contributed by atoms with Gasteiger partial charge in [0.2, 0.25) is 0 Å². The molecule has 0 saturated carbocycles. The van der Waals surface area contributed by atoms with Gasteiger partial charge in [-0.1, -0.05) is 0 Å². The van der Waals surface area contributed by atoms with Crippen LogP contribution in [0.3, 0.4) is 0 Å². The summed E-state index contributed by atoms with van der Waals surface area (Å²) in [5.74, 6) is 0.961. The summed E-state index contributed by atoms with van der Waals surface area (Å²) in [4.78, 5) is 10.5. The minimum Gasteiger partial charge on any atom is -0.394 e. The molecule has 0 saturated heterocycles. The van der Waals surface area contributed by atoms with Crippen molar-refractivity contribution >= 4 is 5.84 Å². The molecule has 2 aliphatic rings. The van der Waals surface area contributed by atoms with Crippen molar-refractivity contribution in [2.24, 2.45) is 4.99 Å². The second-order valence-electron chi connectivity index (χ2n) is 4.29. The van der Waals surface area contributed by atoms with Gasteiger partial charge in [-0.25, -0.2) is 4.99 Å². The molecule has 0 spiro atoms. The molecule has 90 valence electrons. The van der Waals surface area contributed by atoms with Crippen LogP contribution in [0.25, 0.3) is 0 Å². The maximum atomic E-state index is 9.44. The Hall–Kier alpha value is -1.27. The average Bonchev–Trinajstić information content (AvgIpc) is 2.61. The Bertz CT molecular complexity index is 329. The van der Waals surface area contributed by atoms with Crippen LogP contribution in [0.5, 0.6) is 0 Å². The SMILES string of the molecule is CN1C=C2C(=NCN2CC(O)CO)N(C)C1. The first-order valence-electron chi connectivity index (χ1n) is 5.33. The zero-order chi connectivity index (χ0) is 11.7. The van der Waals surface area contributed by atoms with Gasteiger partial charge < -0.3 is 24.9 Å². The highest BCUT2D eigenvalue weighted by Gasteiger charge is 2.29. The lowest BCUT2D eigenvalue weighted by Crippen LogP contribution is -2.43. The molecule has 2 aliphatic heterocycles. The zero-order valence-electron chi connectivity index (χ0n) is 9.67. The van der Waals surface area contributed by atoms with E-state index in [1.807, 2.05) is 25.2 Å². The Morgan fingerprint density at radius 2 is 2.25 bits per heavy atom. The maximum Gasteiger partial charge on any atom is 0.152 e. The number of aliphatic hydroxyl groups is 2.